The highest BCUT2D eigenvalue weighted by Crippen LogP contribution is 2.27. The van der Waals surface area contributed by atoms with Gasteiger partial charge in [-0.25, -0.2) is 4.39 Å². The zero-order valence-corrected chi connectivity index (χ0v) is 14.4. The quantitative estimate of drug-likeness (QED) is 0.881. The summed E-state index contributed by atoms with van der Waals surface area (Å²) in [4.78, 5) is 14.2. The molecule has 1 unspecified atom stereocenters. The van der Waals surface area contributed by atoms with Crippen molar-refractivity contribution in [3.05, 3.63) is 58.9 Å². The van der Waals surface area contributed by atoms with Gasteiger partial charge < -0.3 is 15.3 Å². The van der Waals surface area contributed by atoms with Gasteiger partial charge in [0.15, 0.2) is 0 Å². The number of benzene rings is 2. The summed E-state index contributed by atoms with van der Waals surface area (Å²) in [7, 11) is 3.92. The molecule has 1 atom stereocenters. The van der Waals surface area contributed by atoms with Gasteiger partial charge in [-0.3, -0.25) is 4.79 Å². The first-order chi connectivity index (χ1) is 11.3. The number of aliphatic hydroxyl groups excluding tert-OH is 1. The van der Waals surface area contributed by atoms with Crippen LogP contribution in [-0.2, 0) is 4.79 Å². The molecule has 0 saturated heterocycles. The number of halogens is 1. The van der Waals surface area contributed by atoms with E-state index >= 15 is 0 Å². The fourth-order valence-corrected chi connectivity index (χ4v) is 2.59. The Hall–Kier alpha value is -2.40. The zero-order valence-electron chi connectivity index (χ0n) is 14.4. The van der Waals surface area contributed by atoms with Crippen molar-refractivity contribution in [1.29, 1.82) is 0 Å². The van der Waals surface area contributed by atoms with Gasteiger partial charge in [-0.05, 0) is 54.8 Å². The average Bonchev–Trinajstić information content (AvgIpc) is 2.50. The van der Waals surface area contributed by atoms with Crippen LogP contribution >= 0.6 is 0 Å². The third kappa shape index (κ3) is 4.32. The molecule has 4 nitrogen and oxygen atoms in total. The lowest BCUT2D eigenvalue weighted by molar-refractivity contribution is -0.118. The smallest absolute Gasteiger partial charge is 0.227 e. The lowest BCUT2D eigenvalue weighted by Gasteiger charge is -2.19. The Morgan fingerprint density at radius 1 is 1.21 bits per heavy atom. The maximum Gasteiger partial charge on any atom is 0.227 e. The molecular weight excluding hydrogens is 307 g/mol. The molecule has 2 aromatic carbocycles. The lowest BCUT2D eigenvalue weighted by Crippen LogP contribution is -2.17. The number of amides is 1. The van der Waals surface area contributed by atoms with E-state index in [4.69, 9.17) is 0 Å². The monoisotopic (exact) mass is 330 g/mol. The number of anilines is 2. The maximum absolute atomic E-state index is 13.2. The van der Waals surface area contributed by atoms with Gasteiger partial charge in [0, 0.05) is 25.5 Å². The molecule has 0 aliphatic rings. The number of carbonyl (C=O) groups excluding carboxylic acids is 1. The highest BCUT2D eigenvalue weighted by Gasteiger charge is 2.16. The Balaban J connectivity index is 2.10. The summed E-state index contributed by atoms with van der Waals surface area (Å²) >= 11 is 0. The van der Waals surface area contributed by atoms with Crippen molar-refractivity contribution in [3.63, 3.8) is 0 Å². The second kappa shape index (κ2) is 7.45. The molecule has 24 heavy (non-hydrogen) atoms. The van der Waals surface area contributed by atoms with Crippen molar-refractivity contribution < 1.29 is 14.3 Å². The van der Waals surface area contributed by atoms with Crippen LogP contribution in [0.5, 0.6) is 0 Å². The van der Waals surface area contributed by atoms with Crippen molar-refractivity contribution in [1.82, 2.24) is 0 Å². The Morgan fingerprint density at radius 3 is 2.38 bits per heavy atom. The Labute approximate surface area is 141 Å². The summed E-state index contributed by atoms with van der Waals surface area (Å²) in [5.41, 5.74) is 4.10. The molecule has 0 aliphatic carbocycles. The molecule has 0 fully saturated rings. The van der Waals surface area contributed by atoms with Gasteiger partial charge in [-0.2, -0.15) is 0 Å². The van der Waals surface area contributed by atoms with E-state index in [1.165, 1.54) is 18.2 Å². The van der Waals surface area contributed by atoms with Crippen LogP contribution in [0.1, 0.15) is 29.2 Å². The van der Waals surface area contributed by atoms with Crippen LogP contribution < -0.4 is 10.2 Å². The van der Waals surface area contributed by atoms with Gasteiger partial charge in [0.2, 0.25) is 5.91 Å². The first-order valence-electron chi connectivity index (χ1n) is 7.80. The minimum Gasteiger partial charge on any atom is -0.388 e. The predicted octanol–water partition coefficient (Wildman–Crippen LogP) is 3.57. The van der Waals surface area contributed by atoms with Crippen LogP contribution in [0.4, 0.5) is 15.8 Å². The molecule has 0 saturated carbocycles. The molecule has 0 heterocycles. The van der Waals surface area contributed by atoms with E-state index < -0.39 is 11.9 Å². The number of hydrogen-bond donors (Lipinski definition) is 2. The zero-order chi connectivity index (χ0) is 17.9. The van der Waals surface area contributed by atoms with Crippen molar-refractivity contribution in [2.75, 3.05) is 24.3 Å². The van der Waals surface area contributed by atoms with E-state index in [-0.39, 0.29) is 12.3 Å². The van der Waals surface area contributed by atoms with E-state index in [9.17, 15) is 14.3 Å². The first kappa shape index (κ1) is 17.9. The van der Waals surface area contributed by atoms with Crippen molar-refractivity contribution >= 4 is 17.3 Å². The normalized spacial score (nSPS) is 11.9. The topological polar surface area (TPSA) is 52.6 Å². The number of aryl methyl sites for hydroxylation is 2. The van der Waals surface area contributed by atoms with Crippen LogP contribution in [0.3, 0.4) is 0 Å². The van der Waals surface area contributed by atoms with Crippen molar-refractivity contribution in [3.8, 4) is 0 Å². The number of carbonyl (C=O) groups is 1. The van der Waals surface area contributed by atoms with Crippen molar-refractivity contribution in [2.24, 2.45) is 0 Å². The average molecular weight is 330 g/mol. The minimum absolute atomic E-state index is 0.127. The second-order valence-corrected chi connectivity index (χ2v) is 6.17. The standard InChI is InChI=1S/C19H23FN2O2/c1-12-8-16(22(3)4)9-13(2)19(12)21-18(24)11-17(23)14-6-5-7-15(20)10-14/h5-10,17,23H,11H2,1-4H3,(H,21,24). The SMILES string of the molecule is Cc1cc(N(C)C)cc(C)c1NC(=O)CC(O)c1cccc(F)c1. The number of aliphatic hydroxyl groups is 1. The Morgan fingerprint density at radius 2 is 1.83 bits per heavy atom. The molecule has 2 aromatic rings. The summed E-state index contributed by atoms with van der Waals surface area (Å²) in [5, 5.41) is 13.0. The molecule has 2 rings (SSSR count). The molecule has 0 bridgehead atoms. The largest absolute Gasteiger partial charge is 0.388 e. The van der Waals surface area contributed by atoms with Gasteiger partial charge in [-0.15, -0.1) is 0 Å². The van der Waals surface area contributed by atoms with Gasteiger partial charge >= 0.3 is 0 Å². The first-order valence-corrected chi connectivity index (χ1v) is 7.80. The van der Waals surface area contributed by atoms with Crippen LogP contribution in [0.2, 0.25) is 0 Å². The molecule has 0 aliphatic heterocycles. The third-order valence-electron chi connectivity index (χ3n) is 3.91. The number of hydrogen-bond acceptors (Lipinski definition) is 3. The van der Waals surface area contributed by atoms with Crippen LogP contribution in [0, 0.1) is 19.7 Å². The van der Waals surface area contributed by atoms with Gasteiger partial charge in [0.1, 0.15) is 5.82 Å². The van der Waals surface area contributed by atoms with Crippen LogP contribution in [0.25, 0.3) is 0 Å². The molecule has 1 amide bonds. The van der Waals surface area contributed by atoms with Gasteiger partial charge in [-0.1, -0.05) is 12.1 Å². The highest BCUT2D eigenvalue weighted by atomic mass is 19.1. The fourth-order valence-electron chi connectivity index (χ4n) is 2.59. The molecular formula is C19H23FN2O2. The molecule has 0 radical (unpaired) electrons. The number of rotatable bonds is 5. The molecule has 2 N–H and O–H groups in total. The Bertz CT molecular complexity index is 721. The molecule has 0 aromatic heterocycles. The predicted molar refractivity (Wildman–Crippen MR) is 94.8 cm³/mol. The number of nitrogens with zero attached hydrogens (tertiary/aromatic N) is 1. The van der Waals surface area contributed by atoms with E-state index in [0.29, 0.717) is 5.56 Å². The summed E-state index contributed by atoms with van der Waals surface area (Å²) < 4.78 is 13.2. The van der Waals surface area contributed by atoms with Crippen LogP contribution in [0.15, 0.2) is 36.4 Å². The minimum atomic E-state index is -1.04. The third-order valence-corrected chi connectivity index (χ3v) is 3.91. The van der Waals surface area contributed by atoms with Gasteiger partial charge in [0.25, 0.3) is 0 Å². The lowest BCUT2D eigenvalue weighted by atomic mass is 10.0. The maximum atomic E-state index is 13.2. The summed E-state index contributed by atoms with van der Waals surface area (Å²) in [5.74, 6) is -0.742. The van der Waals surface area contributed by atoms with Crippen molar-refractivity contribution in [2.45, 2.75) is 26.4 Å². The summed E-state index contributed by atoms with van der Waals surface area (Å²) in [6, 6.07) is 9.64. The van der Waals surface area contributed by atoms with E-state index in [0.717, 1.165) is 22.5 Å². The van der Waals surface area contributed by atoms with E-state index in [2.05, 4.69) is 5.32 Å². The van der Waals surface area contributed by atoms with Crippen LogP contribution in [-0.4, -0.2) is 25.1 Å². The highest BCUT2D eigenvalue weighted by molar-refractivity contribution is 5.93. The fraction of sp³-hybridized carbons (Fsp3) is 0.316. The van der Waals surface area contributed by atoms with Gasteiger partial charge in [0.05, 0.1) is 12.5 Å². The molecule has 5 heteroatoms. The van der Waals surface area contributed by atoms with E-state index in [1.54, 1.807) is 6.07 Å². The summed E-state index contributed by atoms with van der Waals surface area (Å²) in [6.45, 7) is 3.86. The molecule has 128 valence electrons. The van der Waals surface area contributed by atoms with E-state index in [1.807, 2.05) is 45.0 Å². The molecule has 0 spiro atoms. The second-order valence-electron chi connectivity index (χ2n) is 6.17. The Kier molecular flexibility index (Phi) is 5.57. The number of nitrogens with one attached hydrogen (secondary N) is 1. The summed E-state index contributed by atoms with van der Waals surface area (Å²) in [6.07, 6.45) is -1.17.